The molecule has 0 saturated heterocycles. The van der Waals surface area contributed by atoms with Gasteiger partial charge in [-0.15, -0.1) is 0 Å². The van der Waals surface area contributed by atoms with E-state index in [4.69, 9.17) is 4.74 Å². The van der Waals surface area contributed by atoms with Gasteiger partial charge in [0, 0.05) is 11.6 Å². The normalized spacial score (nSPS) is 17.9. The number of benzene rings is 1. The minimum absolute atomic E-state index is 0.113. The third kappa shape index (κ3) is 3.22. The Morgan fingerprint density at radius 1 is 1.39 bits per heavy atom. The Balaban J connectivity index is 2.16. The van der Waals surface area contributed by atoms with Crippen LogP contribution in [0.25, 0.3) is 0 Å². The smallest absolute Gasteiger partial charge is 0.124 e. The maximum Gasteiger partial charge on any atom is 0.124 e. The topological polar surface area (TPSA) is 21.3 Å². The molecule has 2 rings (SSSR count). The molecule has 1 atom stereocenters. The van der Waals surface area contributed by atoms with E-state index in [9.17, 15) is 4.39 Å². The highest BCUT2D eigenvalue weighted by molar-refractivity contribution is 5.36. The van der Waals surface area contributed by atoms with Gasteiger partial charge in [0.1, 0.15) is 11.6 Å². The molecule has 3 heteroatoms. The second-order valence-corrected chi connectivity index (χ2v) is 4.99. The maximum absolute atomic E-state index is 13.4. The van der Waals surface area contributed by atoms with Gasteiger partial charge in [-0.25, -0.2) is 4.39 Å². The highest BCUT2D eigenvalue weighted by Gasteiger charge is 2.19. The SMILES string of the molecule is CCNC(C)c1cc(F)ccc1OC1CCCC1. The van der Waals surface area contributed by atoms with Crippen molar-refractivity contribution in [1.82, 2.24) is 5.32 Å². The van der Waals surface area contributed by atoms with Crippen LogP contribution < -0.4 is 10.1 Å². The van der Waals surface area contributed by atoms with Crippen molar-refractivity contribution >= 4 is 0 Å². The fourth-order valence-corrected chi connectivity index (χ4v) is 2.57. The first-order chi connectivity index (χ1) is 8.70. The molecule has 0 amide bonds. The predicted molar refractivity (Wildman–Crippen MR) is 71.4 cm³/mol. The Hall–Kier alpha value is -1.09. The summed E-state index contributed by atoms with van der Waals surface area (Å²) in [5, 5.41) is 3.31. The van der Waals surface area contributed by atoms with Gasteiger partial charge in [-0.2, -0.15) is 0 Å². The van der Waals surface area contributed by atoms with Gasteiger partial charge in [0.25, 0.3) is 0 Å². The second kappa shape index (κ2) is 6.19. The van der Waals surface area contributed by atoms with Crippen molar-refractivity contribution in [3.8, 4) is 5.75 Å². The molecule has 0 aromatic heterocycles. The molecular formula is C15H22FNO. The molecule has 1 saturated carbocycles. The van der Waals surface area contributed by atoms with Crippen molar-refractivity contribution in [2.45, 2.75) is 51.7 Å². The average Bonchev–Trinajstić information content (AvgIpc) is 2.84. The molecule has 0 bridgehead atoms. The molecule has 1 aromatic carbocycles. The second-order valence-electron chi connectivity index (χ2n) is 4.99. The zero-order valence-corrected chi connectivity index (χ0v) is 11.2. The van der Waals surface area contributed by atoms with Gasteiger partial charge in [0.2, 0.25) is 0 Å². The van der Waals surface area contributed by atoms with Crippen molar-refractivity contribution in [3.63, 3.8) is 0 Å². The van der Waals surface area contributed by atoms with Gasteiger partial charge in [-0.1, -0.05) is 6.92 Å². The number of nitrogens with one attached hydrogen (secondary N) is 1. The maximum atomic E-state index is 13.4. The molecule has 1 aromatic rings. The van der Waals surface area contributed by atoms with Crippen molar-refractivity contribution in [3.05, 3.63) is 29.6 Å². The van der Waals surface area contributed by atoms with Gasteiger partial charge in [0.15, 0.2) is 0 Å². The fourth-order valence-electron chi connectivity index (χ4n) is 2.57. The van der Waals surface area contributed by atoms with Gasteiger partial charge in [-0.05, 0) is 57.4 Å². The number of hydrogen-bond donors (Lipinski definition) is 1. The molecule has 100 valence electrons. The Labute approximate surface area is 109 Å². The minimum Gasteiger partial charge on any atom is -0.490 e. The third-order valence-corrected chi connectivity index (χ3v) is 3.54. The monoisotopic (exact) mass is 251 g/mol. The van der Waals surface area contributed by atoms with Crippen LogP contribution in [0.4, 0.5) is 4.39 Å². The van der Waals surface area contributed by atoms with Crippen LogP contribution in [0.1, 0.15) is 51.1 Å². The lowest BCUT2D eigenvalue weighted by atomic mass is 10.1. The lowest BCUT2D eigenvalue weighted by Crippen LogP contribution is -2.20. The van der Waals surface area contributed by atoms with Crippen molar-refractivity contribution in [1.29, 1.82) is 0 Å². The molecule has 0 radical (unpaired) electrons. The first-order valence-electron chi connectivity index (χ1n) is 6.90. The van der Waals surface area contributed by atoms with Crippen LogP contribution in [-0.4, -0.2) is 12.6 Å². The summed E-state index contributed by atoms with van der Waals surface area (Å²) in [6, 6.07) is 4.93. The average molecular weight is 251 g/mol. The zero-order valence-electron chi connectivity index (χ0n) is 11.2. The summed E-state index contributed by atoms with van der Waals surface area (Å²) >= 11 is 0. The molecule has 1 fully saturated rings. The lowest BCUT2D eigenvalue weighted by Gasteiger charge is -2.20. The summed E-state index contributed by atoms with van der Waals surface area (Å²) in [4.78, 5) is 0. The molecule has 0 spiro atoms. The number of hydrogen-bond acceptors (Lipinski definition) is 2. The van der Waals surface area contributed by atoms with E-state index >= 15 is 0 Å². The predicted octanol–water partition coefficient (Wildman–Crippen LogP) is 3.82. The Kier molecular flexibility index (Phi) is 4.59. The lowest BCUT2D eigenvalue weighted by molar-refractivity contribution is 0.206. The summed E-state index contributed by atoms with van der Waals surface area (Å²) in [7, 11) is 0. The van der Waals surface area contributed by atoms with E-state index in [0.717, 1.165) is 30.7 Å². The molecule has 1 aliphatic carbocycles. The quantitative estimate of drug-likeness (QED) is 0.859. The van der Waals surface area contributed by atoms with Crippen molar-refractivity contribution in [2.75, 3.05) is 6.54 Å². The van der Waals surface area contributed by atoms with Crippen molar-refractivity contribution < 1.29 is 9.13 Å². The summed E-state index contributed by atoms with van der Waals surface area (Å²) in [6.45, 7) is 4.95. The summed E-state index contributed by atoms with van der Waals surface area (Å²) in [5.41, 5.74) is 0.920. The van der Waals surface area contributed by atoms with E-state index in [1.54, 1.807) is 12.1 Å². The minimum atomic E-state index is -0.200. The Morgan fingerprint density at radius 2 is 2.11 bits per heavy atom. The summed E-state index contributed by atoms with van der Waals surface area (Å²) in [5.74, 6) is 0.630. The van der Waals surface area contributed by atoms with Gasteiger partial charge in [0.05, 0.1) is 6.10 Å². The summed E-state index contributed by atoms with van der Waals surface area (Å²) in [6.07, 6.45) is 5.02. The molecule has 1 unspecified atom stereocenters. The number of halogens is 1. The Bertz CT molecular complexity index is 388. The van der Waals surface area contributed by atoms with E-state index in [1.165, 1.54) is 18.9 Å². The molecule has 1 aliphatic rings. The van der Waals surface area contributed by atoms with Crippen LogP contribution >= 0.6 is 0 Å². The van der Waals surface area contributed by atoms with E-state index in [1.807, 2.05) is 13.8 Å². The summed E-state index contributed by atoms with van der Waals surface area (Å²) < 4.78 is 19.4. The molecule has 0 aliphatic heterocycles. The first kappa shape index (κ1) is 13.3. The van der Waals surface area contributed by atoms with E-state index in [0.29, 0.717) is 6.10 Å². The highest BCUT2D eigenvalue weighted by Crippen LogP contribution is 2.30. The van der Waals surface area contributed by atoms with Crippen LogP contribution in [-0.2, 0) is 0 Å². The molecule has 18 heavy (non-hydrogen) atoms. The number of ether oxygens (including phenoxy) is 1. The van der Waals surface area contributed by atoms with Crippen LogP contribution in [0.15, 0.2) is 18.2 Å². The molecule has 1 N–H and O–H groups in total. The van der Waals surface area contributed by atoms with E-state index in [2.05, 4.69) is 5.32 Å². The van der Waals surface area contributed by atoms with Crippen LogP contribution in [0.5, 0.6) is 5.75 Å². The van der Waals surface area contributed by atoms with Crippen molar-refractivity contribution in [2.24, 2.45) is 0 Å². The fraction of sp³-hybridized carbons (Fsp3) is 0.600. The molecular weight excluding hydrogens is 229 g/mol. The zero-order chi connectivity index (χ0) is 13.0. The van der Waals surface area contributed by atoms with Gasteiger partial charge >= 0.3 is 0 Å². The van der Waals surface area contributed by atoms with E-state index in [-0.39, 0.29) is 11.9 Å². The first-order valence-corrected chi connectivity index (χ1v) is 6.90. The Morgan fingerprint density at radius 3 is 2.78 bits per heavy atom. The van der Waals surface area contributed by atoms with Crippen LogP contribution in [0.3, 0.4) is 0 Å². The molecule has 2 nitrogen and oxygen atoms in total. The van der Waals surface area contributed by atoms with Gasteiger partial charge in [-0.3, -0.25) is 0 Å². The standard InChI is InChI=1S/C15H22FNO/c1-3-17-11(2)14-10-12(16)8-9-15(14)18-13-6-4-5-7-13/h8-11,13,17H,3-7H2,1-2H3. The third-order valence-electron chi connectivity index (χ3n) is 3.54. The van der Waals surface area contributed by atoms with Crippen LogP contribution in [0, 0.1) is 5.82 Å². The van der Waals surface area contributed by atoms with Gasteiger partial charge < -0.3 is 10.1 Å². The largest absolute Gasteiger partial charge is 0.490 e. The highest BCUT2D eigenvalue weighted by atomic mass is 19.1. The van der Waals surface area contributed by atoms with E-state index < -0.39 is 0 Å². The molecule has 0 heterocycles. The number of rotatable bonds is 5. The van der Waals surface area contributed by atoms with Crippen LogP contribution in [0.2, 0.25) is 0 Å².